The molecule has 8 atom stereocenters. The van der Waals surface area contributed by atoms with Crippen molar-refractivity contribution in [2.75, 3.05) is 13.2 Å². The number of nitrogens with one attached hydrogen (secondary N) is 1. The Morgan fingerprint density at radius 2 is 0.841 bits per heavy atom. The van der Waals surface area contributed by atoms with E-state index < -0.39 is 67.4 Å². The fourth-order valence-corrected chi connectivity index (χ4v) is 10.7. The molecule has 0 spiro atoms. The zero-order chi connectivity index (χ0) is 59.6. The van der Waals surface area contributed by atoms with Gasteiger partial charge >= 0.3 is 5.97 Å². The molecule has 0 aromatic heterocycles. The molecule has 478 valence electrons. The average Bonchev–Trinajstić information content (AvgIpc) is 3.60. The summed E-state index contributed by atoms with van der Waals surface area (Å²) in [6.45, 7) is 5.77. The lowest BCUT2D eigenvalue weighted by atomic mass is 9.99. The molecule has 1 heterocycles. The van der Waals surface area contributed by atoms with Crippen LogP contribution in [0.2, 0.25) is 0 Å². The number of aliphatic hydroxyl groups excluding tert-OH is 5. The maximum absolute atomic E-state index is 13.5. The quantitative estimate of drug-likeness (QED) is 0.0195. The van der Waals surface area contributed by atoms with Crippen molar-refractivity contribution in [2.45, 2.75) is 365 Å². The highest BCUT2D eigenvalue weighted by atomic mass is 16.7. The number of unbranched alkanes of at least 4 members (excludes halogenated alkanes) is 37. The van der Waals surface area contributed by atoms with Gasteiger partial charge in [-0.15, -0.1) is 0 Å². The third-order valence-corrected chi connectivity index (χ3v) is 16.2. The van der Waals surface area contributed by atoms with Gasteiger partial charge in [-0.25, -0.2) is 0 Å². The molecule has 8 unspecified atom stereocenters. The number of esters is 1. The molecule has 1 aliphatic rings. The number of ether oxygens (including phenoxy) is 3. The van der Waals surface area contributed by atoms with Gasteiger partial charge in [-0.1, -0.05) is 306 Å². The van der Waals surface area contributed by atoms with Crippen LogP contribution >= 0.6 is 0 Å². The smallest absolute Gasteiger partial charge is 0.306 e. The molecule has 11 nitrogen and oxygen atoms in total. The molecule has 6 N–H and O–H groups in total. The summed E-state index contributed by atoms with van der Waals surface area (Å²) in [6.07, 6.45) is 64.2. The topological polar surface area (TPSA) is 175 Å². The van der Waals surface area contributed by atoms with Gasteiger partial charge in [-0.05, 0) is 64.2 Å². The summed E-state index contributed by atoms with van der Waals surface area (Å²) < 4.78 is 17.6. The molecule has 1 saturated heterocycles. The van der Waals surface area contributed by atoms with Crippen molar-refractivity contribution >= 4 is 11.9 Å². The molecule has 0 bridgehead atoms. The first-order valence-electron chi connectivity index (χ1n) is 34.6. The van der Waals surface area contributed by atoms with Gasteiger partial charge in [-0.2, -0.15) is 0 Å². The Morgan fingerprint density at radius 3 is 1.28 bits per heavy atom. The zero-order valence-electron chi connectivity index (χ0n) is 53.1. The van der Waals surface area contributed by atoms with Crippen LogP contribution < -0.4 is 5.32 Å². The summed E-state index contributed by atoms with van der Waals surface area (Å²) in [4.78, 5) is 26.6. The number of hydrogen-bond acceptors (Lipinski definition) is 10. The second-order valence-corrected chi connectivity index (χ2v) is 23.9. The van der Waals surface area contributed by atoms with Crippen molar-refractivity contribution in [3.05, 3.63) is 60.8 Å². The molecular weight excluding hydrogens is 1030 g/mol. The molecule has 0 saturated carbocycles. The summed E-state index contributed by atoms with van der Waals surface area (Å²) in [5.74, 6) is -1.24. The number of allylic oxidation sites excluding steroid dienone is 9. The van der Waals surface area contributed by atoms with E-state index in [1.54, 1.807) is 6.08 Å². The minimum absolute atomic E-state index is 0.0479. The number of hydrogen-bond donors (Lipinski definition) is 6. The van der Waals surface area contributed by atoms with Crippen molar-refractivity contribution in [3.8, 4) is 0 Å². The van der Waals surface area contributed by atoms with E-state index in [-0.39, 0.29) is 19.4 Å². The standard InChI is InChI=1S/C71H129NO10/c1-4-7-10-13-16-19-22-25-27-29-30-31-32-33-34-35-37-38-40-43-46-49-52-55-58-64(75)70(79)72-62(63(74)57-54-51-48-45-42-24-21-18-15-12-9-6-3)61-80-71-69(68(78)67(77)65(60-73)81-71)82-66(76)59-56-53-50-47-44-41-39-36-28-26-23-20-17-14-11-8-5-2/h17,20,26,28,39,41,47,50,54,57,62-65,67-69,71,73-75,77-78H,4-16,18-19,21-25,27,29-38,40,42-46,48-49,51-53,55-56,58-61H2,1-3H3,(H,72,79)/b20-17-,28-26-,41-39-,50-47-,57-54+. The van der Waals surface area contributed by atoms with E-state index in [4.69, 9.17) is 14.2 Å². The monoisotopic (exact) mass is 1160 g/mol. The number of carbonyl (C=O) groups excluding carboxylic acids is 2. The van der Waals surface area contributed by atoms with Crippen LogP contribution in [0.5, 0.6) is 0 Å². The van der Waals surface area contributed by atoms with Crippen LogP contribution in [0.15, 0.2) is 60.8 Å². The van der Waals surface area contributed by atoms with Crippen LogP contribution in [0, 0.1) is 0 Å². The summed E-state index contributed by atoms with van der Waals surface area (Å²) in [5, 5.41) is 57.1. The van der Waals surface area contributed by atoms with Crippen LogP contribution in [0.4, 0.5) is 0 Å². The van der Waals surface area contributed by atoms with Crippen molar-refractivity contribution in [1.82, 2.24) is 5.32 Å². The molecular formula is C71H129NO10. The van der Waals surface area contributed by atoms with E-state index in [9.17, 15) is 35.1 Å². The van der Waals surface area contributed by atoms with Crippen LogP contribution in [0.25, 0.3) is 0 Å². The van der Waals surface area contributed by atoms with E-state index in [2.05, 4.69) is 68.6 Å². The normalized spacial score (nSPS) is 19.0. The lowest BCUT2D eigenvalue weighted by Gasteiger charge is -2.41. The SMILES string of the molecule is CCCCC/C=C\C/C=C\C/C=C\C/C=C\CCCC(=O)OC1C(OCC(NC(=O)C(O)CCCCCCCCCCCCCCCCCCCCCCCCCC)C(O)/C=C/CCCCCCCCCCCC)OC(CO)C(O)C1O. The highest BCUT2D eigenvalue weighted by molar-refractivity contribution is 5.80. The molecule has 0 aromatic rings. The fourth-order valence-electron chi connectivity index (χ4n) is 10.7. The number of carbonyl (C=O) groups is 2. The van der Waals surface area contributed by atoms with Crippen molar-refractivity contribution in [3.63, 3.8) is 0 Å². The second kappa shape index (κ2) is 58.7. The van der Waals surface area contributed by atoms with Gasteiger partial charge in [0.1, 0.15) is 24.4 Å². The van der Waals surface area contributed by atoms with E-state index in [1.807, 2.05) is 12.2 Å². The maximum atomic E-state index is 13.5. The van der Waals surface area contributed by atoms with Crippen LogP contribution in [-0.2, 0) is 23.8 Å². The van der Waals surface area contributed by atoms with Crippen LogP contribution in [0.3, 0.4) is 0 Å². The Bertz CT molecular complexity index is 1560. The summed E-state index contributed by atoms with van der Waals surface area (Å²) >= 11 is 0. The second-order valence-electron chi connectivity index (χ2n) is 23.9. The first-order valence-corrected chi connectivity index (χ1v) is 34.6. The lowest BCUT2D eigenvalue weighted by molar-refractivity contribution is -0.305. The van der Waals surface area contributed by atoms with Gasteiger partial charge in [0.05, 0.1) is 25.4 Å². The predicted octanol–water partition coefficient (Wildman–Crippen LogP) is 17.3. The number of amides is 1. The summed E-state index contributed by atoms with van der Waals surface area (Å²) in [7, 11) is 0. The Kier molecular flexibility index (Phi) is 55.4. The Morgan fingerprint density at radius 1 is 0.476 bits per heavy atom. The Hall–Kier alpha value is -2.64. The first-order chi connectivity index (χ1) is 40.2. The highest BCUT2D eigenvalue weighted by Crippen LogP contribution is 2.26. The molecule has 0 aliphatic carbocycles. The van der Waals surface area contributed by atoms with Crippen LogP contribution in [-0.4, -0.2) is 99.6 Å². The largest absolute Gasteiger partial charge is 0.454 e. The summed E-state index contributed by atoms with van der Waals surface area (Å²) in [6, 6.07) is -1.03. The average molecular weight is 1160 g/mol. The number of rotatable bonds is 59. The molecule has 0 radical (unpaired) electrons. The highest BCUT2D eigenvalue weighted by Gasteiger charge is 2.47. The van der Waals surface area contributed by atoms with Crippen molar-refractivity contribution in [2.24, 2.45) is 0 Å². The summed E-state index contributed by atoms with van der Waals surface area (Å²) in [5.41, 5.74) is 0. The van der Waals surface area contributed by atoms with E-state index in [0.717, 1.165) is 64.2 Å². The van der Waals surface area contributed by atoms with Gasteiger partial charge in [0.15, 0.2) is 12.4 Å². The molecule has 1 aliphatic heterocycles. The molecule has 1 amide bonds. The Labute approximate surface area is 503 Å². The van der Waals surface area contributed by atoms with Gasteiger partial charge < -0.3 is 45.1 Å². The maximum Gasteiger partial charge on any atom is 0.306 e. The van der Waals surface area contributed by atoms with Crippen molar-refractivity contribution < 1.29 is 49.3 Å². The molecule has 11 heteroatoms. The van der Waals surface area contributed by atoms with E-state index in [1.165, 1.54) is 199 Å². The number of aliphatic hydroxyl groups is 5. The van der Waals surface area contributed by atoms with Crippen molar-refractivity contribution in [1.29, 1.82) is 0 Å². The fraction of sp³-hybridized carbons (Fsp3) is 0.831. The molecule has 82 heavy (non-hydrogen) atoms. The Balaban J connectivity index is 2.61. The van der Waals surface area contributed by atoms with Gasteiger partial charge in [-0.3, -0.25) is 9.59 Å². The minimum atomic E-state index is -1.64. The van der Waals surface area contributed by atoms with Crippen LogP contribution in [0.1, 0.15) is 316 Å². The van der Waals surface area contributed by atoms with E-state index in [0.29, 0.717) is 19.3 Å². The van der Waals surface area contributed by atoms with Gasteiger partial charge in [0.25, 0.3) is 0 Å². The van der Waals surface area contributed by atoms with Gasteiger partial charge in [0.2, 0.25) is 5.91 Å². The molecule has 0 aromatic carbocycles. The first kappa shape index (κ1) is 77.4. The third-order valence-electron chi connectivity index (χ3n) is 16.2. The van der Waals surface area contributed by atoms with E-state index >= 15 is 0 Å². The molecule has 1 rings (SSSR count). The molecule has 1 fully saturated rings. The van der Waals surface area contributed by atoms with Gasteiger partial charge in [0, 0.05) is 6.42 Å². The zero-order valence-corrected chi connectivity index (χ0v) is 53.1. The lowest BCUT2D eigenvalue weighted by Crippen LogP contribution is -2.61. The minimum Gasteiger partial charge on any atom is -0.454 e. The predicted molar refractivity (Wildman–Crippen MR) is 343 cm³/mol. The third kappa shape index (κ3) is 45.7.